The van der Waals surface area contributed by atoms with Crippen molar-refractivity contribution in [1.82, 2.24) is 10.7 Å². The van der Waals surface area contributed by atoms with Gasteiger partial charge in [0.05, 0.1) is 16.9 Å². The third-order valence-electron chi connectivity index (χ3n) is 5.46. The van der Waals surface area contributed by atoms with Gasteiger partial charge in [-0.1, -0.05) is 54.7 Å². The highest BCUT2D eigenvalue weighted by Gasteiger charge is 2.22. The second-order valence-corrected chi connectivity index (χ2v) is 11.4. The first-order chi connectivity index (χ1) is 18.6. The summed E-state index contributed by atoms with van der Waals surface area (Å²) in [6.07, 6.45) is 1.94. The minimum Gasteiger partial charge on any atom is -0.493 e. The van der Waals surface area contributed by atoms with Gasteiger partial charge in [0.25, 0.3) is 11.8 Å². The first kappa shape index (κ1) is 31.0. The number of carbonyl (C=O) groups is 2. The zero-order valence-corrected chi connectivity index (χ0v) is 25.9. The summed E-state index contributed by atoms with van der Waals surface area (Å²) < 4.78 is 12.3. The van der Waals surface area contributed by atoms with Crippen molar-refractivity contribution in [3.8, 4) is 11.5 Å². The van der Waals surface area contributed by atoms with Crippen LogP contribution in [0.2, 0.25) is 15.1 Å². The van der Waals surface area contributed by atoms with Crippen LogP contribution in [0.25, 0.3) is 0 Å². The quantitative estimate of drug-likeness (QED) is 0.126. The van der Waals surface area contributed by atoms with Crippen LogP contribution in [-0.4, -0.2) is 31.2 Å². The molecule has 0 heterocycles. The van der Waals surface area contributed by atoms with E-state index in [1.807, 2.05) is 19.9 Å². The fraction of sp³-hybridized carbons (Fsp3) is 0.250. The Kier molecular flexibility index (Phi) is 11.7. The largest absolute Gasteiger partial charge is 0.493 e. The lowest BCUT2D eigenvalue weighted by Crippen LogP contribution is -2.46. The summed E-state index contributed by atoms with van der Waals surface area (Å²) in [4.78, 5) is 25.5. The molecule has 0 radical (unpaired) electrons. The molecule has 1 atom stereocenters. The Morgan fingerprint density at radius 3 is 2.36 bits per heavy atom. The molecule has 7 nitrogen and oxygen atoms in total. The van der Waals surface area contributed by atoms with Gasteiger partial charge in [0.2, 0.25) is 0 Å². The van der Waals surface area contributed by atoms with E-state index >= 15 is 0 Å². The Morgan fingerprint density at radius 2 is 1.72 bits per heavy atom. The van der Waals surface area contributed by atoms with Gasteiger partial charge in [-0.3, -0.25) is 9.59 Å². The number of benzene rings is 3. The summed E-state index contributed by atoms with van der Waals surface area (Å²) in [7, 11) is 1.54. The molecule has 1 unspecified atom stereocenters. The highest BCUT2D eigenvalue weighted by atomic mass is 127. The lowest BCUT2D eigenvalue weighted by Gasteiger charge is -2.19. The SMILES string of the molecule is COc1cc(C=NNC(=O)C(CC(C)C)NC(=O)c2ccc(Cl)cc2)cc(I)c1OCc1ccc(Cl)cc1Cl. The molecule has 0 aliphatic heterocycles. The van der Waals surface area contributed by atoms with Gasteiger partial charge in [0.1, 0.15) is 12.6 Å². The molecule has 0 saturated heterocycles. The van der Waals surface area contributed by atoms with E-state index in [1.165, 1.54) is 13.3 Å². The van der Waals surface area contributed by atoms with E-state index in [9.17, 15) is 9.59 Å². The maximum absolute atomic E-state index is 12.9. The van der Waals surface area contributed by atoms with Crippen molar-refractivity contribution in [1.29, 1.82) is 0 Å². The van der Waals surface area contributed by atoms with Gasteiger partial charge >= 0.3 is 0 Å². The summed E-state index contributed by atoms with van der Waals surface area (Å²) in [6, 6.07) is 14.5. The van der Waals surface area contributed by atoms with Crippen LogP contribution in [0.4, 0.5) is 0 Å². The number of halogens is 4. The first-order valence-electron chi connectivity index (χ1n) is 11.9. The van der Waals surface area contributed by atoms with Crippen molar-refractivity contribution in [3.05, 3.63) is 89.9 Å². The van der Waals surface area contributed by atoms with Gasteiger partial charge in [-0.15, -0.1) is 0 Å². The van der Waals surface area contributed by atoms with Crippen molar-refractivity contribution in [2.45, 2.75) is 32.9 Å². The first-order valence-corrected chi connectivity index (χ1v) is 14.1. The molecule has 39 heavy (non-hydrogen) atoms. The second kappa shape index (κ2) is 14.7. The van der Waals surface area contributed by atoms with Gasteiger partial charge in [-0.2, -0.15) is 5.10 Å². The van der Waals surface area contributed by atoms with Crippen LogP contribution in [0.15, 0.2) is 59.7 Å². The third kappa shape index (κ3) is 9.27. The lowest BCUT2D eigenvalue weighted by atomic mass is 10.0. The van der Waals surface area contributed by atoms with Gasteiger partial charge in [-0.25, -0.2) is 5.43 Å². The number of hydrogen-bond acceptors (Lipinski definition) is 5. The average Bonchev–Trinajstić information content (AvgIpc) is 2.88. The summed E-state index contributed by atoms with van der Waals surface area (Å²) in [5.41, 5.74) is 4.40. The molecule has 0 bridgehead atoms. The lowest BCUT2D eigenvalue weighted by molar-refractivity contribution is -0.123. The van der Waals surface area contributed by atoms with Gasteiger partial charge in [0.15, 0.2) is 11.5 Å². The highest BCUT2D eigenvalue weighted by molar-refractivity contribution is 14.1. The van der Waals surface area contributed by atoms with Crippen molar-refractivity contribution in [3.63, 3.8) is 0 Å². The molecule has 3 aromatic rings. The van der Waals surface area contributed by atoms with Crippen LogP contribution in [0.5, 0.6) is 11.5 Å². The maximum atomic E-state index is 12.9. The van der Waals surface area contributed by atoms with Crippen LogP contribution in [0.1, 0.15) is 41.8 Å². The molecule has 0 aromatic heterocycles. The molecule has 0 spiro atoms. The molecule has 2 N–H and O–H groups in total. The second-order valence-electron chi connectivity index (χ2n) is 8.96. The van der Waals surface area contributed by atoms with Crippen LogP contribution in [0, 0.1) is 9.49 Å². The smallest absolute Gasteiger partial charge is 0.262 e. The van der Waals surface area contributed by atoms with Gasteiger partial charge < -0.3 is 14.8 Å². The zero-order chi connectivity index (χ0) is 28.5. The van der Waals surface area contributed by atoms with Gasteiger partial charge in [-0.05, 0) is 89.0 Å². The number of rotatable bonds is 11. The number of hydrazone groups is 1. The molecule has 0 aliphatic carbocycles. The maximum Gasteiger partial charge on any atom is 0.262 e. The molecule has 0 fully saturated rings. The van der Waals surface area contributed by atoms with E-state index in [1.54, 1.807) is 48.5 Å². The van der Waals surface area contributed by atoms with E-state index in [0.29, 0.717) is 44.1 Å². The van der Waals surface area contributed by atoms with Crippen molar-refractivity contribution >= 4 is 75.4 Å². The summed E-state index contributed by atoms with van der Waals surface area (Å²) in [5, 5.41) is 8.46. The van der Waals surface area contributed by atoms with Crippen molar-refractivity contribution < 1.29 is 19.1 Å². The third-order valence-corrected chi connectivity index (χ3v) is 7.10. The van der Waals surface area contributed by atoms with E-state index < -0.39 is 11.9 Å². The standard InChI is InChI=1S/C28H27Cl3IN3O4/c1-16(2)10-24(34-27(36)18-4-7-20(29)8-5-18)28(37)35-33-14-17-11-23(32)26(25(12-17)38-3)39-15-19-6-9-21(30)13-22(19)31/h4-9,11-14,16,24H,10,15H2,1-3H3,(H,34,36)(H,35,37). The number of nitrogens with one attached hydrogen (secondary N) is 2. The molecular weight excluding hydrogens is 676 g/mol. The average molecular weight is 703 g/mol. The number of nitrogens with zero attached hydrogens (tertiary/aromatic N) is 1. The van der Waals surface area contributed by atoms with E-state index in [0.717, 1.165) is 9.13 Å². The number of carbonyl (C=O) groups excluding carboxylic acids is 2. The number of ether oxygens (including phenoxy) is 2. The fourth-order valence-corrected chi connectivity index (χ4v) is 4.91. The predicted octanol–water partition coefficient (Wildman–Crippen LogP) is 7.13. The molecule has 2 amide bonds. The minimum absolute atomic E-state index is 0.163. The van der Waals surface area contributed by atoms with Gasteiger partial charge in [0, 0.05) is 26.2 Å². The van der Waals surface area contributed by atoms with Crippen LogP contribution in [-0.2, 0) is 11.4 Å². The summed E-state index contributed by atoms with van der Waals surface area (Å²) in [5.74, 6) is 0.409. The molecule has 0 saturated carbocycles. The topological polar surface area (TPSA) is 89.0 Å². The van der Waals surface area contributed by atoms with Crippen LogP contribution < -0.4 is 20.2 Å². The van der Waals surface area contributed by atoms with E-state index in [4.69, 9.17) is 44.3 Å². The molecule has 3 rings (SSSR count). The predicted molar refractivity (Wildman–Crippen MR) is 164 cm³/mol. The van der Waals surface area contributed by atoms with E-state index in [2.05, 4.69) is 38.4 Å². The number of hydrogen-bond donors (Lipinski definition) is 2. The molecular formula is C28H27Cl3IN3O4. The Hall–Kier alpha value is -2.53. The number of methoxy groups -OCH3 is 1. The normalized spacial score (nSPS) is 11.9. The highest BCUT2D eigenvalue weighted by Crippen LogP contribution is 2.35. The van der Waals surface area contributed by atoms with Crippen LogP contribution >= 0.6 is 57.4 Å². The Morgan fingerprint density at radius 1 is 1.03 bits per heavy atom. The Labute approximate surface area is 256 Å². The molecule has 3 aromatic carbocycles. The van der Waals surface area contributed by atoms with Crippen molar-refractivity contribution in [2.24, 2.45) is 11.0 Å². The monoisotopic (exact) mass is 701 g/mol. The Balaban J connectivity index is 1.67. The summed E-state index contributed by atoms with van der Waals surface area (Å²) >= 11 is 20.3. The molecule has 11 heteroatoms. The minimum atomic E-state index is -0.768. The molecule has 206 valence electrons. The fourth-order valence-electron chi connectivity index (χ4n) is 3.54. The van der Waals surface area contributed by atoms with Crippen molar-refractivity contribution in [2.75, 3.05) is 7.11 Å². The molecule has 0 aliphatic rings. The summed E-state index contributed by atoms with van der Waals surface area (Å²) in [6.45, 7) is 4.16. The Bertz CT molecular complexity index is 1350. The van der Waals surface area contributed by atoms with E-state index in [-0.39, 0.29) is 18.4 Å². The zero-order valence-electron chi connectivity index (χ0n) is 21.4. The number of amides is 2. The van der Waals surface area contributed by atoms with Crippen LogP contribution in [0.3, 0.4) is 0 Å².